The highest BCUT2D eigenvalue weighted by molar-refractivity contribution is 7.99. The van der Waals surface area contributed by atoms with Crippen LogP contribution in [0.2, 0.25) is 5.02 Å². The molecule has 33 heavy (non-hydrogen) atoms. The van der Waals surface area contributed by atoms with E-state index in [1.54, 1.807) is 23.1 Å². The minimum absolute atomic E-state index is 0.0660. The molecule has 0 saturated heterocycles. The van der Waals surface area contributed by atoms with Crippen molar-refractivity contribution in [1.29, 1.82) is 0 Å². The molecule has 0 atom stereocenters. The number of carbonyl (C=O) groups excluding carboxylic acids is 1. The number of thioether (sulfide) groups is 1. The van der Waals surface area contributed by atoms with E-state index in [1.807, 2.05) is 18.2 Å². The fourth-order valence-electron chi connectivity index (χ4n) is 2.81. The van der Waals surface area contributed by atoms with Crippen molar-refractivity contribution < 1.29 is 13.2 Å². The van der Waals surface area contributed by atoms with Gasteiger partial charge in [-0.1, -0.05) is 35.5 Å². The zero-order chi connectivity index (χ0) is 23.4. The first kappa shape index (κ1) is 23.2. The van der Waals surface area contributed by atoms with Crippen molar-refractivity contribution in [3.8, 4) is 11.4 Å². The first-order valence-corrected chi connectivity index (χ1v) is 13.2. The van der Waals surface area contributed by atoms with Gasteiger partial charge in [0.2, 0.25) is 5.91 Å². The van der Waals surface area contributed by atoms with Crippen molar-refractivity contribution >= 4 is 61.4 Å². The van der Waals surface area contributed by atoms with Crippen LogP contribution in [0.1, 0.15) is 0 Å². The smallest absolute Gasteiger partial charge is 0.263 e. The van der Waals surface area contributed by atoms with Crippen molar-refractivity contribution in [1.82, 2.24) is 19.7 Å². The molecule has 0 fully saturated rings. The van der Waals surface area contributed by atoms with E-state index >= 15 is 0 Å². The molecule has 170 valence electrons. The fraction of sp³-hybridized carbons (Fsp3) is 0.100. The molecule has 0 saturated carbocycles. The third kappa shape index (κ3) is 5.53. The lowest BCUT2D eigenvalue weighted by Gasteiger charge is -2.08. The van der Waals surface area contributed by atoms with Crippen LogP contribution in [0.4, 0.5) is 10.8 Å². The van der Waals surface area contributed by atoms with Crippen LogP contribution in [0.3, 0.4) is 0 Å². The Morgan fingerprint density at radius 3 is 2.61 bits per heavy atom. The molecule has 0 bridgehead atoms. The van der Waals surface area contributed by atoms with Gasteiger partial charge in [0.15, 0.2) is 16.1 Å². The molecule has 2 heterocycles. The monoisotopic (exact) mass is 520 g/mol. The number of sulfonamides is 1. The number of hydrogen-bond donors (Lipinski definition) is 2. The molecule has 1 amide bonds. The largest absolute Gasteiger partial charge is 0.325 e. The predicted molar refractivity (Wildman–Crippen MR) is 130 cm³/mol. The third-order valence-corrected chi connectivity index (χ3v) is 7.91. The van der Waals surface area contributed by atoms with Crippen LogP contribution >= 0.6 is 34.7 Å². The van der Waals surface area contributed by atoms with Gasteiger partial charge in [-0.25, -0.2) is 13.4 Å². The first-order chi connectivity index (χ1) is 15.8. The van der Waals surface area contributed by atoms with Crippen molar-refractivity contribution in [3.05, 3.63) is 65.1 Å². The Kier molecular flexibility index (Phi) is 6.98. The van der Waals surface area contributed by atoms with Gasteiger partial charge in [-0.05, 0) is 36.4 Å². The number of anilines is 2. The summed E-state index contributed by atoms with van der Waals surface area (Å²) in [5.74, 6) is 0.436. The summed E-state index contributed by atoms with van der Waals surface area (Å²) in [6.07, 6.45) is 1.51. The molecular formula is C20H17ClN6O3S3. The van der Waals surface area contributed by atoms with E-state index in [0.717, 1.165) is 5.56 Å². The Morgan fingerprint density at radius 2 is 1.91 bits per heavy atom. The number of aromatic nitrogens is 4. The number of nitrogens with zero attached hydrogens (tertiary/aromatic N) is 4. The molecule has 0 radical (unpaired) electrons. The van der Waals surface area contributed by atoms with Gasteiger partial charge in [-0.2, -0.15) is 0 Å². The summed E-state index contributed by atoms with van der Waals surface area (Å²) in [5.41, 5.74) is 1.23. The maximum absolute atomic E-state index is 12.4. The van der Waals surface area contributed by atoms with Gasteiger partial charge in [0.05, 0.1) is 15.7 Å². The van der Waals surface area contributed by atoms with Crippen molar-refractivity contribution in [3.63, 3.8) is 0 Å². The van der Waals surface area contributed by atoms with Crippen LogP contribution in [0.5, 0.6) is 0 Å². The summed E-state index contributed by atoms with van der Waals surface area (Å²) in [4.78, 5) is 16.3. The SMILES string of the molecule is Cn1c(SCC(=O)Nc2ccc(S(=O)(=O)Nc3nccs3)cc2)nnc1-c1ccccc1Cl. The Bertz CT molecular complexity index is 1370. The van der Waals surface area contributed by atoms with Crippen LogP contribution in [0.15, 0.2) is 70.2 Å². The zero-order valence-corrected chi connectivity index (χ0v) is 20.3. The van der Waals surface area contributed by atoms with E-state index in [2.05, 4.69) is 25.2 Å². The second-order valence-corrected chi connectivity index (χ2v) is 10.6. The number of halogens is 1. The second-order valence-electron chi connectivity index (χ2n) is 6.65. The molecule has 0 unspecified atom stereocenters. The first-order valence-electron chi connectivity index (χ1n) is 9.43. The molecule has 0 spiro atoms. The molecule has 0 aliphatic heterocycles. The molecule has 13 heteroatoms. The number of amides is 1. The average molecular weight is 521 g/mol. The highest BCUT2D eigenvalue weighted by atomic mass is 35.5. The van der Waals surface area contributed by atoms with E-state index in [9.17, 15) is 13.2 Å². The second kappa shape index (κ2) is 9.91. The molecule has 2 aromatic carbocycles. The Morgan fingerprint density at radius 1 is 1.15 bits per heavy atom. The van der Waals surface area contributed by atoms with Gasteiger partial charge >= 0.3 is 0 Å². The van der Waals surface area contributed by atoms with Gasteiger partial charge in [0, 0.05) is 29.9 Å². The van der Waals surface area contributed by atoms with Crippen molar-refractivity contribution in [2.24, 2.45) is 7.05 Å². The lowest BCUT2D eigenvalue weighted by molar-refractivity contribution is -0.113. The molecule has 0 aliphatic rings. The predicted octanol–water partition coefficient (Wildman–Crippen LogP) is 4.12. The lowest BCUT2D eigenvalue weighted by Crippen LogP contribution is -2.15. The minimum Gasteiger partial charge on any atom is -0.325 e. The lowest BCUT2D eigenvalue weighted by atomic mass is 10.2. The molecule has 0 aliphatic carbocycles. The molecule has 4 aromatic rings. The van der Waals surface area contributed by atoms with Crippen LogP contribution in [0, 0.1) is 0 Å². The molecule has 2 N–H and O–H groups in total. The number of benzene rings is 2. The van der Waals surface area contributed by atoms with E-state index in [-0.39, 0.29) is 21.7 Å². The fourth-order valence-corrected chi connectivity index (χ4v) is 5.53. The minimum atomic E-state index is -3.75. The topological polar surface area (TPSA) is 119 Å². The van der Waals surface area contributed by atoms with Crippen LogP contribution < -0.4 is 10.0 Å². The van der Waals surface area contributed by atoms with Gasteiger partial charge in [-0.3, -0.25) is 9.52 Å². The van der Waals surface area contributed by atoms with Gasteiger partial charge in [0.25, 0.3) is 10.0 Å². The van der Waals surface area contributed by atoms with E-state index in [0.29, 0.717) is 21.7 Å². The Balaban J connectivity index is 1.36. The summed E-state index contributed by atoms with van der Waals surface area (Å²) in [5, 5.41) is 14.1. The van der Waals surface area contributed by atoms with E-state index < -0.39 is 10.0 Å². The normalized spacial score (nSPS) is 11.3. The quantitative estimate of drug-likeness (QED) is 0.335. The number of nitrogens with one attached hydrogen (secondary N) is 2. The van der Waals surface area contributed by atoms with E-state index in [4.69, 9.17) is 11.6 Å². The van der Waals surface area contributed by atoms with Crippen molar-refractivity contribution in [2.75, 3.05) is 15.8 Å². The molecule has 4 rings (SSSR count). The number of carbonyl (C=O) groups is 1. The van der Waals surface area contributed by atoms with Crippen LogP contribution in [-0.2, 0) is 21.9 Å². The Hall–Kier alpha value is -2.93. The summed E-state index contributed by atoms with van der Waals surface area (Å²) in [7, 11) is -1.95. The zero-order valence-electron chi connectivity index (χ0n) is 17.1. The average Bonchev–Trinajstić information content (AvgIpc) is 3.42. The molecule has 2 aromatic heterocycles. The number of rotatable bonds is 8. The van der Waals surface area contributed by atoms with Gasteiger partial charge in [0.1, 0.15) is 0 Å². The summed E-state index contributed by atoms with van der Waals surface area (Å²) < 4.78 is 29.0. The highest BCUT2D eigenvalue weighted by Gasteiger charge is 2.17. The highest BCUT2D eigenvalue weighted by Crippen LogP contribution is 2.28. The van der Waals surface area contributed by atoms with Gasteiger partial charge < -0.3 is 9.88 Å². The number of thiazole rings is 1. The maximum Gasteiger partial charge on any atom is 0.263 e. The third-order valence-electron chi connectivity index (χ3n) is 4.38. The van der Waals surface area contributed by atoms with Crippen molar-refractivity contribution in [2.45, 2.75) is 10.1 Å². The Labute approximate surface area is 203 Å². The van der Waals surface area contributed by atoms with Crippen LogP contribution in [0.25, 0.3) is 11.4 Å². The molecule has 9 nitrogen and oxygen atoms in total. The van der Waals surface area contributed by atoms with Gasteiger partial charge in [-0.15, -0.1) is 21.5 Å². The van der Waals surface area contributed by atoms with Crippen LogP contribution in [-0.4, -0.2) is 39.8 Å². The summed E-state index contributed by atoms with van der Waals surface area (Å²) >= 11 is 8.65. The number of hydrogen-bond acceptors (Lipinski definition) is 8. The van der Waals surface area contributed by atoms with E-state index in [1.165, 1.54) is 53.6 Å². The summed E-state index contributed by atoms with van der Waals surface area (Å²) in [6, 6.07) is 13.2. The summed E-state index contributed by atoms with van der Waals surface area (Å²) in [6.45, 7) is 0. The molecular weight excluding hydrogens is 504 g/mol. The maximum atomic E-state index is 12.4. The standard InChI is InChI=1S/C20H17ClN6O3S3/c1-27-18(15-4-2-3-5-16(15)21)24-25-20(27)32-12-17(28)23-13-6-8-14(9-7-13)33(29,30)26-19-22-10-11-31-19/h2-11H,12H2,1H3,(H,22,26)(H,23,28).